The maximum Gasteiger partial charge on any atom is 0.237 e. The summed E-state index contributed by atoms with van der Waals surface area (Å²) in [5.74, 6) is 0.356. The molecule has 2 N–H and O–H groups in total. The van der Waals surface area contributed by atoms with E-state index in [-0.39, 0.29) is 18.0 Å². The summed E-state index contributed by atoms with van der Waals surface area (Å²) in [7, 11) is 1.76. The first-order valence-corrected chi connectivity index (χ1v) is 5.48. The summed E-state index contributed by atoms with van der Waals surface area (Å²) in [5.41, 5.74) is 0. The molecule has 4 heteroatoms. The lowest BCUT2D eigenvalue weighted by Gasteiger charge is -2.19. The van der Waals surface area contributed by atoms with Crippen LogP contribution in [-0.4, -0.2) is 31.3 Å². The Kier molecular flexibility index (Phi) is 6.96. The third kappa shape index (κ3) is 5.52. The van der Waals surface area contributed by atoms with Gasteiger partial charge in [-0.05, 0) is 25.8 Å². The van der Waals surface area contributed by atoms with Gasteiger partial charge in [0.1, 0.15) is 6.29 Å². The topological polar surface area (TPSA) is 58.2 Å². The number of aldehydes is 1. The van der Waals surface area contributed by atoms with Crippen LogP contribution in [0, 0.1) is 5.92 Å². The summed E-state index contributed by atoms with van der Waals surface area (Å²) >= 11 is 0. The van der Waals surface area contributed by atoms with E-state index in [1.165, 1.54) is 0 Å². The van der Waals surface area contributed by atoms with Crippen molar-refractivity contribution in [2.75, 3.05) is 7.05 Å². The molecule has 0 aliphatic carbocycles. The van der Waals surface area contributed by atoms with Gasteiger partial charge in [0.25, 0.3) is 0 Å². The van der Waals surface area contributed by atoms with Gasteiger partial charge in [-0.2, -0.15) is 0 Å². The van der Waals surface area contributed by atoms with Crippen LogP contribution in [0.15, 0.2) is 0 Å². The molecule has 0 fully saturated rings. The van der Waals surface area contributed by atoms with Gasteiger partial charge in [-0.1, -0.05) is 20.8 Å². The van der Waals surface area contributed by atoms with E-state index in [2.05, 4.69) is 24.5 Å². The highest BCUT2D eigenvalue weighted by Crippen LogP contribution is 2.04. The predicted molar refractivity (Wildman–Crippen MR) is 60.6 cm³/mol. The summed E-state index contributed by atoms with van der Waals surface area (Å²) in [6, 6.07) is -0.570. The van der Waals surface area contributed by atoms with E-state index in [0.717, 1.165) is 12.7 Å². The van der Waals surface area contributed by atoms with Crippen molar-refractivity contribution < 1.29 is 9.59 Å². The predicted octanol–water partition coefficient (Wildman–Crippen LogP) is 0.714. The highest BCUT2D eigenvalue weighted by Gasteiger charge is 2.19. The van der Waals surface area contributed by atoms with Crippen LogP contribution in [0.5, 0.6) is 0 Å². The molecule has 0 saturated heterocycles. The van der Waals surface area contributed by atoms with Gasteiger partial charge in [0.05, 0.1) is 12.1 Å². The van der Waals surface area contributed by atoms with Crippen molar-refractivity contribution in [1.82, 2.24) is 10.6 Å². The highest BCUT2D eigenvalue weighted by atomic mass is 16.2. The SMILES string of the molecule is CCC(C=O)NC(=O)[C@H](CC(C)C)NC. The summed E-state index contributed by atoms with van der Waals surface area (Å²) in [6.45, 7) is 6.00. The molecule has 0 aromatic carbocycles. The van der Waals surface area contributed by atoms with Crippen LogP contribution in [0.4, 0.5) is 0 Å². The Morgan fingerprint density at radius 3 is 2.33 bits per heavy atom. The Labute approximate surface area is 91.8 Å². The van der Waals surface area contributed by atoms with Crippen LogP contribution in [0.1, 0.15) is 33.6 Å². The number of amides is 1. The van der Waals surface area contributed by atoms with Crippen LogP contribution in [0.3, 0.4) is 0 Å². The molecule has 2 atom stereocenters. The zero-order valence-electron chi connectivity index (χ0n) is 10.0. The van der Waals surface area contributed by atoms with E-state index in [1.807, 2.05) is 6.92 Å². The molecular weight excluding hydrogens is 192 g/mol. The van der Waals surface area contributed by atoms with Gasteiger partial charge in [0.15, 0.2) is 0 Å². The number of hydrogen-bond acceptors (Lipinski definition) is 3. The molecule has 0 rings (SSSR count). The van der Waals surface area contributed by atoms with Crippen molar-refractivity contribution in [3.63, 3.8) is 0 Å². The van der Waals surface area contributed by atoms with Crippen LogP contribution in [-0.2, 0) is 9.59 Å². The Balaban J connectivity index is 4.19. The highest BCUT2D eigenvalue weighted by molar-refractivity contribution is 5.84. The lowest BCUT2D eigenvalue weighted by atomic mass is 10.0. The van der Waals surface area contributed by atoms with Crippen molar-refractivity contribution in [2.45, 2.75) is 45.7 Å². The van der Waals surface area contributed by atoms with Gasteiger partial charge in [-0.15, -0.1) is 0 Å². The summed E-state index contributed by atoms with van der Waals surface area (Å²) in [5, 5.41) is 5.66. The quantitative estimate of drug-likeness (QED) is 0.614. The van der Waals surface area contributed by atoms with Gasteiger partial charge >= 0.3 is 0 Å². The molecule has 0 aliphatic heterocycles. The van der Waals surface area contributed by atoms with E-state index in [1.54, 1.807) is 7.05 Å². The Bertz CT molecular complexity index is 205. The normalized spacial score (nSPS) is 14.7. The van der Waals surface area contributed by atoms with Gasteiger partial charge in [-0.25, -0.2) is 0 Å². The molecule has 0 saturated carbocycles. The first kappa shape index (κ1) is 14.1. The van der Waals surface area contributed by atoms with Gasteiger partial charge in [0, 0.05) is 0 Å². The number of likely N-dealkylation sites (N-methyl/N-ethyl adjacent to an activating group) is 1. The summed E-state index contributed by atoms with van der Waals surface area (Å²) < 4.78 is 0. The van der Waals surface area contributed by atoms with Crippen LogP contribution < -0.4 is 10.6 Å². The molecular formula is C11H22N2O2. The average Bonchev–Trinajstić information content (AvgIpc) is 2.21. The molecule has 4 nitrogen and oxygen atoms in total. The molecule has 0 aliphatic rings. The minimum atomic E-state index is -0.361. The molecule has 1 amide bonds. The van der Waals surface area contributed by atoms with Gasteiger partial charge < -0.3 is 15.4 Å². The smallest absolute Gasteiger partial charge is 0.237 e. The lowest BCUT2D eigenvalue weighted by molar-refractivity contribution is -0.126. The van der Waals surface area contributed by atoms with E-state index < -0.39 is 0 Å². The van der Waals surface area contributed by atoms with E-state index in [9.17, 15) is 9.59 Å². The molecule has 0 aromatic rings. The van der Waals surface area contributed by atoms with E-state index in [4.69, 9.17) is 0 Å². The lowest BCUT2D eigenvalue weighted by Crippen LogP contribution is -2.47. The fraction of sp³-hybridized carbons (Fsp3) is 0.818. The number of carbonyl (C=O) groups excluding carboxylic acids is 2. The fourth-order valence-electron chi connectivity index (χ4n) is 1.34. The van der Waals surface area contributed by atoms with E-state index in [0.29, 0.717) is 12.3 Å². The van der Waals surface area contributed by atoms with Gasteiger partial charge in [0.2, 0.25) is 5.91 Å². The number of carbonyl (C=O) groups is 2. The Hall–Kier alpha value is -0.900. The standard InChI is InChI=1S/C11H22N2O2/c1-5-9(7-14)13-11(15)10(12-4)6-8(2)3/h7-10,12H,5-6H2,1-4H3,(H,13,15)/t9?,10-/m0/s1. The number of hydrogen-bond donors (Lipinski definition) is 2. The minimum Gasteiger partial charge on any atom is -0.345 e. The maximum absolute atomic E-state index is 11.7. The van der Waals surface area contributed by atoms with Crippen molar-refractivity contribution in [3.8, 4) is 0 Å². The molecule has 0 bridgehead atoms. The Morgan fingerprint density at radius 2 is 2.00 bits per heavy atom. The first-order valence-electron chi connectivity index (χ1n) is 5.48. The van der Waals surface area contributed by atoms with E-state index >= 15 is 0 Å². The molecule has 0 radical (unpaired) electrons. The minimum absolute atomic E-state index is 0.0925. The zero-order valence-corrected chi connectivity index (χ0v) is 10.0. The fourth-order valence-corrected chi connectivity index (χ4v) is 1.34. The van der Waals surface area contributed by atoms with Crippen LogP contribution in [0.25, 0.3) is 0 Å². The zero-order chi connectivity index (χ0) is 11.8. The van der Waals surface area contributed by atoms with Crippen molar-refractivity contribution in [3.05, 3.63) is 0 Å². The summed E-state index contributed by atoms with van der Waals surface area (Å²) in [6.07, 6.45) is 2.19. The van der Waals surface area contributed by atoms with Crippen molar-refractivity contribution in [2.24, 2.45) is 5.92 Å². The molecule has 0 aromatic heterocycles. The monoisotopic (exact) mass is 214 g/mol. The van der Waals surface area contributed by atoms with Gasteiger partial charge in [-0.3, -0.25) is 4.79 Å². The summed E-state index contributed by atoms with van der Waals surface area (Å²) in [4.78, 5) is 22.3. The molecule has 88 valence electrons. The number of rotatable bonds is 7. The second kappa shape index (κ2) is 7.40. The third-order valence-electron chi connectivity index (χ3n) is 2.30. The maximum atomic E-state index is 11.7. The molecule has 15 heavy (non-hydrogen) atoms. The molecule has 0 spiro atoms. The van der Waals surface area contributed by atoms with Crippen molar-refractivity contribution in [1.29, 1.82) is 0 Å². The first-order chi connectivity index (χ1) is 7.04. The Morgan fingerprint density at radius 1 is 1.40 bits per heavy atom. The van der Waals surface area contributed by atoms with Crippen LogP contribution >= 0.6 is 0 Å². The number of nitrogens with one attached hydrogen (secondary N) is 2. The van der Waals surface area contributed by atoms with Crippen molar-refractivity contribution >= 4 is 12.2 Å². The van der Waals surface area contributed by atoms with Crippen LogP contribution in [0.2, 0.25) is 0 Å². The average molecular weight is 214 g/mol. The molecule has 1 unspecified atom stereocenters. The second-order valence-electron chi connectivity index (χ2n) is 4.13. The largest absolute Gasteiger partial charge is 0.345 e. The molecule has 0 heterocycles. The third-order valence-corrected chi connectivity index (χ3v) is 2.30. The second-order valence-corrected chi connectivity index (χ2v) is 4.13.